The number of carbonyl (C=O) groups is 1. The molecule has 1 aliphatic heterocycles. The Kier molecular flexibility index (Phi) is 2.70. The van der Waals surface area contributed by atoms with Gasteiger partial charge in [-0.05, 0) is 6.07 Å². The number of halogens is 1. The first-order valence-electron chi connectivity index (χ1n) is 4.32. The first-order valence-corrected chi connectivity index (χ1v) is 5.74. The summed E-state index contributed by atoms with van der Waals surface area (Å²) in [4.78, 5) is 13.1. The molecule has 0 aromatic heterocycles. The smallest absolute Gasteiger partial charge is 0.233 e. The summed E-state index contributed by atoms with van der Waals surface area (Å²) < 4.78 is 0. The van der Waals surface area contributed by atoms with Crippen LogP contribution < -0.4 is 0 Å². The fourth-order valence-electron chi connectivity index (χ4n) is 1.47. The lowest BCUT2D eigenvalue weighted by Gasteiger charge is -2.19. The molecule has 1 aromatic rings. The molecular formula is C10H10ClNOS. The average Bonchev–Trinajstić information content (AvgIpc) is 2.49. The molecule has 0 unspecified atom stereocenters. The highest BCUT2D eigenvalue weighted by Gasteiger charge is 2.30. The molecule has 14 heavy (non-hydrogen) atoms. The normalized spacial score (nSPS) is 21.7. The van der Waals surface area contributed by atoms with Crippen LogP contribution in [0.3, 0.4) is 0 Å². The van der Waals surface area contributed by atoms with Crippen molar-refractivity contribution in [2.75, 3.05) is 12.8 Å². The minimum absolute atomic E-state index is 0.0798. The van der Waals surface area contributed by atoms with Gasteiger partial charge in [0, 0.05) is 17.6 Å². The van der Waals surface area contributed by atoms with Crippen LogP contribution in [0.4, 0.5) is 0 Å². The second-order valence-corrected chi connectivity index (χ2v) is 4.67. The number of hydrogen-bond donors (Lipinski definition) is 0. The van der Waals surface area contributed by atoms with Crippen LogP contribution in [0.15, 0.2) is 24.3 Å². The van der Waals surface area contributed by atoms with E-state index in [0.717, 1.165) is 10.6 Å². The molecule has 0 bridgehead atoms. The van der Waals surface area contributed by atoms with Crippen molar-refractivity contribution in [3.05, 3.63) is 34.9 Å². The minimum atomic E-state index is 0.0798. The number of benzene rings is 1. The SMILES string of the molecule is CN1C(=O)CS[C@@H]1c1ccccc1Cl. The zero-order valence-corrected chi connectivity index (χ0v) is 9.31. The van der Waals surface area contributed by atoms with Crippen LogP contribution in [0.1, 0.15) is 10.9 Å². The molecule has 0 saturated carbocycles. The van der Waals surface area contributed by atoms with Crippen LogP contribution in [-0.2, 0) is 4.79 Å². The van der Waals surface area contributed by atoms with Crippen molar-refractivity contribution in [3.8, 4) is 0 Å². The molecule has 1 heterocycles. The highest BCUT2D eigenvalue weighted by atomic mass is 35.5. The summed E-state index contributed by atoms with van der Waals surface area (Å²) in [5.41, 5.74) is 1.02. The van der Waals surface area contributed by atoms with Gasteiger partial charge in [-0.3, -0.25) is 4.79 Å². The van der Waals surface area contributed by atoms with E-state index in [0.29, 0.717) is 5.75 Å². The molecule has 2 rings (SSSR count). The lowest BCUT2D eigenvalue weighted by Crippen LogP contribution is -2.23. The zero-order chi connectivity index (χ0) is 10.1. The Morgan fingerprint density at radius 2 is 2.21 bits per heavy atom. The predicted octanol–water partition coefficient (Wildman–Crippen LogP) is 2.54. The molecule has 1 fully saturated rings. The van der Waals surface area contributed by atoms with Crippen molar-refractivity contribution in [1.82, 2.24) is 4.90 Å². The maximum atomic E-state index is 11.3. The lowest BCUT2D eigenvalue weighted by atomic mass is 10.2. The third kappa shape index (κ3) is 1.62. The van der Waals surface area contributed by atoms with E-state index in [1.165, 1.54) is 0 Å². The van der Waals surface area contributed by atoms with Crippen LogP contribution in [0, 0.1) is 0 Å². The predicted molar refractivity (Wildman–Crippen MR) is 59.4 cm³/mol. The van der Waals surface area contributed by atoms with Crippen LogP contribution in [0.2, 0.25) is 5.02 Å². The third-order valence-corrected chi connectivity index (χ3v) is 3.92. The van der Waals surface area contributed by atoms with Gasteiger partial charge in [-0.1, -0.05) is 29.8 Å². The first kappa shape index (κ1) is 9.87. The van der Waals surface area contributed by atoms with E-state index in [1.54, 1.807) is 16.7 Å². The van der Waals surface area contributed by atoms with E-state index in [9.17, 15) is 4.79 Å². The fourth-order valence-corrected chi connectivity index (χ4v) is 3.00. The highest BCUT2D eigenvalue weighted by Crippen LogP contribution is 2.39. The van der Waals surface area contributed by atoms with Gasteiger partial charge < -0.3 is 4.90 Å². The Morgan fingerprint density at radius 3 is 2.79 bits per heavy atom. The molecule has 0 radical (unpaired) electrons. The van der Waals surface area contributed by atoms with Crippen molar-refractivity contribution in [3.63, 3.8) is 0 Å². The molecule has 0 spiro atoms. The summed E-state index contributed by atoms with van der Waals surface area (Å²) in [7, 11) is 1.82. The molecule has 1 amide bonds. The average molecular weight is 228 g/mol. The molecule has 0 N–H and O–H groups in total. The summed E-state index contributed by atoms with van der Waals surface area (Å²) in [6.45, 7) is 0. The van der Waals surface area contributed by atoms with Gasteiger partial charge in [0.15, 0.2) is 0 Å². The number of hydrogen-bond acceptors (Lipinski definition) is 2. The largest absolute Gasteiger partial charge is 0.329 e. The summed E-state index contributed by atoms with van der Waals surface area (Å²) in [6, 6.07) is 7.66. The highest BCUT2D eigenvalue weighted by molar-refractivity contribution is 8.00. The standard InChI is InChI=1S/C10H10ClNOS/c1-12-9(13)6-14-10(12)7-4-2-3-5-8(7)11/h2-5,10H,6H2,1H3/t10-/m1/s1. The van der Waals surface area contributed by atoms with Gasteiger partial charge in [0.05, 0.1) is 5.75 Å². The zero-order valence-electron chi connectivity index (χ0n) is 7.74. The first-order chi connectivity index (χ1) is 6.70. The molecule has 4 heteroatoms. The van der Waals surface area contributed by atoms with Crippen molar-refractivity contribution in [1.29, 1.82) is 0 Å². The molecular weight excluding hydrogens is 218 g/mol. The third-order valence-electron chi connectivity index (χ3n) is 2.28. The van der Waals surface area contributed by atoms with Gasteiger partial charge in [-0.25, -0.2) is 0 Å². The summed E-state index contributed by atoms with van der Waals surface area (Å²) in [5.74, 6) is 0.715. The Bertz CT molecular complexity index is 369. The summed E-state index contributed by atoms with van der Waals surface area (Å²) in [6.07, 6.45) is 0. The monoisotopic (exact) mass is 227 g/mol. The van der Waals surface area contributed by atoms with Crippen LogP contribution >= 0.6 is 23.4 Å². The van der Waals surface area contributed by atoms with E-state index in [2.05, 4.69) is 0 Å². The Hall–Kier alpha value is -0.670. The number of carbonyl (C=O) groups excluding carboxylic acids is 1. The number of nitrogens with zero attached hydrogens (tertiary/aromatic N) is 1. The van der Waals surface area contributed by atoms with Crippen LogP contribution in [0.5, 0.6) is 0 Å². The summed E-state index contributed by atoms with van der Waals surface area (Å²) in [5, 5.41) is 0.808. The van der Waals surface area contributed by atoms with Gasteiger partial charge in [-0.15, -0.1) is 11.8 Å². The molecule has 1 atom stereocenters. The van der Waals surface area contributed by atoms with E-state index in [4.69, 9.17) is 11.6 Å². The molecule has 1 aromatic carbocycles. The summed E-state index contributed by atoms with van der Waals surface area (Å²) >= 11 is 7.68. The molecule has 1 saturated heterocycles. The van der Waals surface area contributed by atoms with E-state index >= 15 is 0 Å². The lowest BCUT2D eigenvalue weighted by molar-refractivity contribution is -0.126. The minimum Gasteiger partial charge on any atom is -0.329 e. The van der Waals surface area contributed by atoms with E-state index in [1.807, 2.05) is 31.3 Å². The van der Waals surface area contributed by atoms with Gasteiger partial charge in [0.1, 0.15) is 5.37 Å². The molecule has 0 aliphatic carbocycles. The second kappa shape index (κ2) is 3.83. The van der Waals surface area contributed by atoms with E-state index < -0.39 is 0 Å². The van der Waals surface area contributed by atoms with Gasteiger partial charge in [-0.2, -0.15) is 0 Å². The van der Waals surface area contributed by atoms with Crippen LogP contribution in [0.25, 0.3) is 0 Å². The topological polar surface area (TPSA) is 20.3 Å². The fraction of sp³-hybridized carbons (Fsp3) is 0.300. The number of thioether (sulfide) groups is 1. The maximum Gasteiger partial charge on any atom is 0.233 e. The molecule has 74 valence electrons. The Morgan fingerprint density at radius 1 is 1.50 bits per heavy atom. The molecule has 2 nitrogen and oxygen atoms in total. The van der Waals surface area contributed by atoms with Crippen molar-refractivity contribution >= 4 is 29.3 Å². The number of rotatable bonds is 1. The van der Waals surface area contributed by atoms with Gasteiger partial charge >= 0.3 is 0 Å². The second-order valence-electron chi connectivity index (χ2n) is 3.19. The van der Waals surface area contributed by atoms with Gasteiger partial charge in [0.25, 0.3) is 0 Å². The van der Waals surface area contributed by atoms with Crippen molar-refractivity contribution < 1.29 is 4.79 Å². The van der Waals surface area contributed by atoms with Gasteiger partial charge in [0.2, 0.25) is 5.91 Å². The number of amides is 1. The van der Waals surface area contributed by atoms with Crippen molar-refractivity contribution in [2.24, 2.45) is 0 Å². The quantitative estimate of drug-likeness (QED) is 0.735. The Balaban J connectivity index is 2.32. The van der Waals surface area contributed by atoms with E-state index in [-0.39, 0.29) is 11.3 Å². The Labute approximate surface area is 92.2 Å². The maximum absolute atomic E-state index is 11.3. The molecule has 1 aliphatic rings. The van der Waals surface area contributed by atoms with Crippen LogP contribution in [-0.4, -0.2) is 23.6 Å². The van der Waals surface area contributed by atoms with Crippen molar-refractivity contribution in [2.45, 2.75) is 5.37 Å².